The van der Waals surface area contributed by atoms with E-state index in [0.29, 0.717) is 12.3 Å². The lowest BCUT2D eigenvalue weighted by Gasteiger charge is -2.14. The first-order valence-corrected chi connectivity index (χ1v) is 8.69. The lowest BCUT2D eigenvalue weighted by atomic mass is 9.89. The summed E-state index contributed by atoms with van der Waals surface area (Å²) in [5.41, 5.74) is 4.94. The first-order chi connectivity index (χ1) is 12.1. The van der Waals surface area contributed by atoms with Crippen LogP contribution in [0.1, 0.15) is 45.9 Å². The Hall–Kier alpha value is -2.47. The van der Waals surface area contributed by atoms with Crippen LogP contribution in [0, 0.1) is 13.8 Å². The Morgan fingerprint density at radius 1 is 1.20 bits per heavy atom. The topological polar surface area (TPSA) is 68.8 Å². The molecular formula is C19H23N5O. The molecule has 1 aromatic carbocycles. The second kappa shape index (κ2) is 6.44. The van der Waals surface area contributed by atoms with Crippen molar-refractivity contribution in [2.45, 2.75) is 32.1 Å². The highest BCUT2D eigenvalue weighted by atomic mass is 16.5. The van der Waals surface area contributed by atoms with Gasteiger partial charge in [0, 0.05) is 38.2 Å². The SMILES string of the molecule is Cc1ccccc1Cc1noc([C@@H]2CNC[C@H]2c2cnn(C)c2C)n1. The van der Waals surface area contributed by atoms with Crippen LogP contribution in [0.5, 0.6) is 0 Å². The van der Waals surface area contributed by atoms with Gasteiger partial charge >= 0.3 is 0 Å². The number of nitrogens with one attached hydrogen (secondary N) is 1. The van der Waals surface area contributed by atoms with Crippen LogP contribution in [0.4, 0.5) is 0 Å². The predicted octanol–water partition coefficient (Wildman–Crippen LogP) is 2.48. The average Bonchev–Trinajstić information content (AvgIpc) is 3.31. The number of hydrogen-bond acceptors (Lipinski definition) is 5. The molecule has 25 heavy (non-hydrogen) atoms. The Bertz CT molecular complexity index is 882. The minimum Gasteiger partial charge on any atom is -0.339 e. The lowest BCUT2D eigenvalue weighted by molar-refractivity contribution is 0.347. The van der Waals surface area contributed by atoms with Crippen molar-refractivity contribution in [2.75, 3.05) is 13.1 Å². The highest BCUT2D eigenvalue weighted by molar-refractivity contribution is 5.29. The van der Waals surface area contributed by atoms with Crippen molar-refractivity contribution >= 4 is 0 Å². The van der Waals surface area contributed by atoms with Gasteiger partial charge < -0.3 is 9.84 Å². The molecule has 0 saturated carbocycles. The van der Waals surface area contributed by atoms with Crippen LogP contribution in [0.2, 0.25) is 0 Å². The number of aryl methyl sites for hydroxylation is 2. The number of benzene rings is 1. The van der Waals surface area contributed by atoms with Crippen molar-refractivity contribution in [3.05, 3.63) is 64.6 Å². The van der Waals surface area contributed by atoms with E-state index >= 15 is 0 Å². The van der Waals surface area contributed by atoms with Crippen LogP contribution in [0.25, 0.3) is 0 Å². The second-order valence-electron chi connectivity index (χ2n) is 6.83. The van der Waals surface area contributed by atoms with Gasteiger partial charge in [0.2, 0.25) is 5.89 Å². The molecule has 1 N–H and O–H groups in total. The molecule has 1 aliphatic heterocycles. The monoisotopic (exact) mass is 337 g/mol. The minimum absolute atomic E-state index is 0.195. The Morgan fingerprint density at radius 2 is 2.00 bits per heavy atom. The molecule has 1 aliphatic rings. The van der Waals surface area contributed by atoms with Crippen molar-refractivity contribution in [2.24, 2.45) is 7.05 Å². The van der Waals surface area contributed by atoms with E-state index in [1.165, 1.54) is 22.4 Å². The fourth-order valence-electron chi connectivity index (χ4n) is 3.61. The zero-order chi connectivity index (χ0) is 17.4. The summed E-state index contributed by atoms with van der Waals surface area (Å²) in [6.07, 6.45) is 2.66. The van der Waals surface area contributed by atoms with Gasteiger partial charge in [-0.25, -0.2) is 0 Å². The maximum atomic E-state index is 5.63. The Balaban J connectivity index is 1.57. The van der Waals surface area contributed by atoms with Crippen LogP contribution >= 0.6 is 0 Å². The highest BCUT2D eigenvalue weighted by Crippen LogP contribution is 2.36. The number of nitrogens with zero attached hydrogens (tertiary/aromatic N) is 4. The molecule has 4 rings (SSSR count). The van der Waals surface area contributed by atoms with Crippen LogP contribution in [0.3, 0.4) is 0 Å². The van der Waals surface area contributed by atoms with Crippen molar-refractivity contribution in [1.82, 2.24) is 25.2 Å². The quantitative estimate of drug-likeness (QED) is 0.792. The smallest absolute Gasteiger partial charge is 0.231 e. The summed E-state index contributed by atoms with van der Waals surface area (Å²) in [6, 6.07) is 8.32. The normalized spacial score (nSPS) is 20.3. The van der Waals surface area contributed by atoms with Crippen molar-refractivity contribution in [3.8, 4) is 0 Å². The van der Waals surface area contributed by atoms with Gasteiger partial charge in [0.25, 0.3) is 0 Å². The molecule has 1 saturated heterocycles. The zero-order valence-electron chi connectivity index (χ0n) is 14.9. The molecule has 130 valence electrons. The van der Waals surface area contributed by atoms with Gasteiger partial charge in [0.15, 0.2) is 5.82 Å². The third-order valence-electron chi connectivity index (χ3n) is 5.30. The summed E-state index contributed by atoms with van der Waals surface area (Å²) in [5.74, 6) is 1.99. The molecule has 6 nitrogen and oxygen atoms in total. The van der Waals surface area contributed by atoms with Gasteiger partial charge in [-0.3, -0.25) is 4.68 Å². The molecule has 0 unspecified atom stereocenters. The molecular weight excluding hydrogens is 314 g/mol. The van der Waals surface area contributed by atoms with E-state index in [2.05, 4.69) is 41.6 Å². The van der Waals surface area contributed by atoms with Gasteiger partial charge in [-0.1, -0.05) is 29.4 Å². The summed E-state index contributed by atoms with van der Waals surface area (Å²) < 4.78 is 7.55. The van der Waals surface area contributed by atoms with Gasteiger partial charge in [-0.15, -0.1) is 0 Å². The third-order valence-corrected chi connectivity index (χ3v) is 5.30. The van der Waals surface area contributed by atoms with E-state index in [1.807, 2.05) is 30.1 Å². The maximum Gasteiger partial charge on any atom is 0.231 e. The van der Waals surface area contributed by atoms with E-state index in [-0.39, 0.29) is 5.92 Å². The summed E-state index contributed by atoms with van der Waals surface area (Å²) in [4.78, 5) is 4.70. The fourth-order valence-corrected chi connectivity index (χ4v) is 3.61. The number of hydrogen-bond donors (Lipinski definition) is 1. The molecule has 0 bridgehead atoms. The predicted molar refractivity (Wildman–Crippen MR) is 94.6 cm³/mol. The van der Waals surface area contributed by atoms with Crippen molar-refractivity contribution in [1.29, 1.82) is 0 Å². The van der Waals surface area contributed by atoms with E-state index in [9.17, 15) is 0 Å². The summed E-state index contributed by atoms with van der Waals surface area (Å²) in [7, 11) is 1.98. The van der Waals surface area contributed by atoms with Crippen LogP contribution < -0.4 is 5.32 Å². The molecule has 0 amide bonds. The molecule has 3 aromatic rings. The molecule has 2 atom stereocenters. The molecule has 6 heteroatoms. The standard InChI is InChI=1S/C19H23N5O/c1-12-6-4-5-7-14(12)8-18-22-19(25-23-18)17-10-20-9-16(17)15-11-21-24(3)13(15)2/h4-7,11,16-17,20H,8-10H2,1-3H3/t16-,17+/m0/s1. The number of aromatic nitrogens is 4. The lowest BCUT2D eigenvalue weighted by Crippen LogP contribution is -2.10. The van der Waals surface area contributed by atoms with E-state index < -0.39 is 0 Å². The first-order valence-electron chi connectivity index (χ1n) is 8.69. The van der Waals surface area contributed by atoms with Crippen LogP contribution in [0.15, 0.2) is 35.0 Å². The molecule has 2 aromatic heterocycles. The minimum atomic E-state index is 0.195. The molecule has 1 fully saturated rings. The van der Waals surface area contributed by atoms with Gasteiger partial charge in [-0.05, 0) is 30.5 Å². The average molecular weight is 337 g/mol. The molecule has 3 heterocycles. The van der Waals surface area contributed by atoms with Gasteiger partial charge in [0.1, 0.15) is 0 Å². The highest BCUT2D eigenvalue weighted by Gasteiger charge is 2.35. The molecule has 0 aliphatic carbocycles. The largest absolute Gasteiger partial charge is 0.339 e. The Morgan fingerprint density at radius 3 is 2.76 bits per heavy atom. The zero-order valence-corrected chi connectivity index (χ0v) is 14.9. The maximum absolute atomic E-state index is 5.63. The van der Waals surface area contributed by atoms with E-state index in [4.69, 9.17) is 9.51 Å². The fraction of sp³-hybridized carbons (Fsp3) is 0.421. The third kappa shape index (κ3) is 2.98. The van der Waals surface area contributed by atoms with Crippen LogP contribution in [-0.2, 0) is 13.5 Å². The summed E-state index contributed by atoms with van der Waals surface area (Å²) >= 11 is 0. The molecule has 0 spiro atoms. The summed E-state index contributed by atoms with van der Waals surface area (Å²) in [6.45, 7) is 5.98. The van der Waals surface area contributed by atoms with Crippen molar-refractivity contribution in [3.63, 3.8) is 0 Å². The van der Waals surface area contributed by atoms with Crippen molar-refractivity contribution < 1.29 is 4.52 Å². The van der Waals surface area contributed by atoms with E-state index in [1.54, 1.807) is 0 Å². The van der Waals surface area contributed by atoms with Gasteiger partial charge in [-0.2, -0.15) is 10.1 Å². The number of rotatable bonds is 4. The Labute approximate surface area is 147 Å². The second-order valence-corrected chi connectivity index (χ2v) is 6.83. The first kappa shape index (κ1) is 16.0. The Kier molecular flexibility index (Phi) is 4.13. The molecule has 0 radical (unpaired) electrons. The van der Waals surface area contributed by atoms with Gasteiger partial charge in [0.05, 0.1) is 12.1 Å². The summed E-state index contributed by atoms with van der Waals surface area (Å²) in [5, 5.41) is 12.1. The van der Waals surface area contributed by atoms with E-state index in [0.717, 1.165) is 24.8 Å². The van der Waals surface area contributed by atoms with Crippen LogP contribution in [-0.4, -0.2) is 33.0 Å².